The van der Waals surface area contributed by atoms with Crippen molar-refractivity contribution in [3.05, 3.63) is 34.5 Å². The predicted octanol–water partition coefficient (Wildman–Crippen LogP) is 2.43. The van der Waals surface area contributed by atoms with E-state index in [1.165, 1.54) is 38.5 Å². The molecule has 3 N–H and O–H groups in total. The van der Waals surface area contributed by atoms with E-state index in [4.69, 9.17) is 0 Å². The number of hydrogen-bond donors (Lipinski definition) is 3. The Balaban J connectivity index is 1.23. The van der Waals surface area contributed by atoms with Crippen LogP contribution in [0.15, 0.2) is 18.2 Å². The number of rotatable bonds is 5. The summed E-state index contributed by atoms with van der Waals surface area (Å²) in [5.74, 6) is -1.00. The molecule has 0 bridgehead atoms. The van der Waals surface area contributed by atoms with E-state index < -0.39 is 22.5 Å². The molecule has 3 fully saturated rings. The van der Waals surface area contributed by atoms with Crippen LogP contribution < -0.4 is 16.0 Å². The van der Waals surface area contributed by atoms with Gasteiger partial charge in [0.1, 0.15) is 6.54 Å². The molecule has 1 aromatic rings. The molecular formula is C24H32N4O4. The third-order valence-corrected chi connectivity index (χ3v) is 8.34. The number of hydroxylamine groups is 3. The third kappa shape index (κ3) is 3.54. The van der Waals surface area contributed by atoms with Gasteiger partial charge in [0.05, 0.1) is 5.56 Å². The number of hydrogen-bond acceptors (Lipinski definition) is 6. The normalized spacial score (nSPS) is 36.6. The van der Waals surface area contributed by atoms with Crippen molar-refractivity contribution >= 4 is 23.4 Å². The van der Waals surface area contributed by atoms with Crippen molar-refractivity contribution in [1.29, 1.82) is 0 Å². The maximum atomic E-state index is 13.6. The zero-order chi connectivity index (χ0) is 22.5. The first kappa shape index (κ1) is 21.6. The lowest BCUT2D eigenvalue weighted by atomic mass is 9.55. The SMILES string of the molecule is CNC1CCC2(CC1)CC(CNc1cccc3c1C[N+]([O-])(C1CCC(=O)NC1=O)C3=O)C2. The number of quaternary nitrogens is 1. The highest BCUT2D eigenvalue weighted by atomic mass is 16.6. The van der Waals surface area contributed by atoms with E-state index in [1.807, 2.05) is 6.07 Å². The van der Waals surface area contributed by atoms with E-state index >= 15 is 0 Å². The molecule has 2 aliphatic carbocycles. The summed E-state index contributed by atoms with van der Waals surface area (Å²) in [6.07, 6.45) is 7.79. The van der Waals surface area contributed by atoms with Crippen molar-refractivity contribution in [1.82, 2.24) is 10.6 Å². The van der Waals surface area contributed by atoms with Gasteiger partial charge in [-0.2, -0.15) is 0 Å². The van der Waals surface area contributed by atoms with E-state index in [0.717, 1.165) is 12.2 Å². The molecule has 2 heterocycles. The standard InChI is InChI=1S/C24H32N4O4/c1-25-16-7-9-24(10-8-16)11-15(12-24)13-26-19-4-2-3-17-18(19)14-28(32,23(17)31)20-5-6-21(29)27-22(20)30/h2-4,15-16,20,25-26H,5-14H2,1H3,(H,27,29,30). The predicted molar refractivity (Wildman–Crippen MR) is 119 cm³/mol. The lowest BCUT2D eigenvalue weighted by Crippen LogP contribution is -2.60. The number of carbonyl (C=O) groups is 3. The van der Waals surface area contributed by atoms with Crippen LogP contribution >= 0.6 is 0 Å². The first-order chi connectivity index (χ1) is 15.3. The van der Waals surface area contributed by atoms with Crippen LogP contribution in [-0.2, 0) is 16.1 Å². The van der Waals surface area contributed by atoms with Gasteiger partial charge in [-0.05, 0) is 69.0 Å². The van der Waals surface area contributed by atoms with E-state index in [-0.39, 0.29) is 25.3 Å². The lowest BCUT2D eigenvalue weighted by Gasteiger charge is -2.52. The molecular weight excluding hydrogens is 408 g/mol. The number of benzene rings is 1. The minimum absolute atomic E-state index is 0.0658. The van der Waals surface area contributed by atoms with Crippen molar-refractivity contribution in [3.63, 3.8) is 0 Å². The summed E-state index contributed by atoms with van der Waals surface area (Å²) < 4.78 is -1.23. The molecule has 0 radical (unpaired) electrons. The van der Waals surface area contributed by atoms with Crippen LogP contribution in [-0.4, -0.2) is 48.0 Å². The smallest absolute Gasteiger partial charge is 0.347 e. The van der Waals surface area contributed by atoms with Gasteiger partial charge in [-0.3, -0.25) is 19.6 Å². The number of imide groups is 1. The Kier molecular flexibility index (Phi) is 5.34. The molecule has 0 aromatic heterocycles. The van der Waals surface area contributed by atoms with Gasteiger partial charge in [-0.15, -0.1) is 0 Å². The Morgan fingerprint density at radius 2 is 1.91 bits per heavy atom. The molecule has 2 unspecified atom stereocenters. The Morgan fingerprint density at radius 3 is 2.59 bits per heavy atom. The highest BCUT2D eigenvalue weighted by molar-refractivity contribution is 6.02. The number of amides is 3. The van der Waals surface area contributed by atoms with Crippen LogP contribution in [0.4, 0.5) is 5.69 Å². The lowest BCUT2D eigenvalue weighted by molar-refractivity contribution is -0.825. The van der Waals surface area contributed by atoms with Crippen molar-refractivity contribution < 1.29 is 19.0 Å². The Labute approximate surface area is 188 Å². The fourth-order valence-electron chi connectivity index (χ4n) is 6.46. The van der Waals surface area contributed by atoms with E-state index in [0.29, 0.717) is 28.5 Å². The average Bonchev–Trinajstić information content (AvgIpc) is 3.02. The van der Waals surface area contributed by atoms with E-state index in [1.54, 1.807) is 12.1 Å². The summed E-state index contributed by atoms with van der Waals surface area (Å²) >= 11 is 0. The summed E-state index contributed by atoms with van der Waals surface area (Å²) in [7, 11) is 2.05. The highest BCUT2D eigenvalue weighted by Gasteiger charge is 2.50. The van der Waals surface area contributed by atoms with Crippen LogP contribution in [0.1, 0.15) is 67.3 Å². The summed E-state index contributed by atoms with van der Waals surface area (Å²) in [6, 6.07) is 4.97. The number of nitrogens with one attached hydrogen (secondary N) is 3. The molecule has 4 aliphatic rings. The van der Waals surface area contributed by atoms with E-state index in [2.05, 4.69) is 23.0 Å². The highest BCUT2D eigenvalue weighted by Crippen LogP contribution is 2.54. The molecule has 8 heteroatoms. The van der Waals surface area contributed by atoms with Gasteiger partial charge in [0.25, 0.3) is 5.91 Å². The van der Waals surface area contributed by atoms with Gasteiger partial charge in [0.15, 0.2) is 6.04 Å². The molecule has 172 valence electrons. The Morgan fingerprint density at radius 1 is 1.16 bits per heavy atom. The number of nitrogens with zero attached hydrogens (tertiary/aromatic N) is 1. The van der Waals surface area contributed by atoms with E-state index in [9.17, 15) is 19.6 Å². The van der Waals surface area contributed by atoms with Crippen molar-refractivity contribution in [2.75, 3.05) is 18.9 Å². The second-order valence-electron chi connectivity index (χ2n) is 10.3. The van der Waals surface area contributed by atoms with Crippen LogP contribution in [0.3, 0.4) is 0 Å². The van der Waals surface area contributed by atoms with Crippen LogP contribution in [0.2, 0.25) is 0 Å². The van der Waals surface area contributed by atoms with Crippen LogP contribution in [0.5, 0.6) is 0 Å². The summed E-state index contributed by atoms with van der Waals surface area (Å²) in [5.41, 5.74) is 2.42. The van der Waals surface area contributed by atoms with Gasteiger partial charge < -0.3 is 15.8 Å². The zero-order valence-electron chi connectivity index (χ0n) is 18.6. The maximum Gasteiger partial charge on any atom is 0.347 e. The summed E-state index contributed by atoms with van der Waals surface area (Å²) in [5, 5.41) is 22.7. The molecule has 1 aromatic carbocycles. The summed E-state index contributed by atoms with van der Waals surface area (Å²) in [6.45, 7) is 0.767. The van der Waals surface area contributed by atoms with Crippen LogP contribution in [0.25, 0.3) is 0 Å². The van der Waals surface area contributed by atoms with Gasteiger partial charge in [0.2, 0.25) is 5.91 Å². The van der Waals surface area contributed by atoms with Gasteiger partial charge in [-0.1, -0.05) is 6.07 Å². The number of anilines is 1. The summed E-state index contributed by atoms with van der Waals surface area (Å²) in [4.78, 5) is 36.8. The molecule has 8 nitrogen and oxygen atoms in total. The first-order valence-electron chi connectivity index (χ1n) is 11.8. The van der Waals surface area contributed by atoms with Gasteiger partial charge in [0, 0.05) is 36.7 Å². The largest absolute Gasteiger partial charge is 0.624 e. The molecule has 2 aliphatic heterocycles. The van der Waals surface area contributed by atoms with Gasteiger partial charge in [-0.25, -0.2) is 4.79 Å². The van der Waals surface area contributed by atoms with Crippen molar-refractivity contribution in [2.45, 2.75) is 70.0 Å². The number of piperidine rings is 1. The second-order valence-corrected chi connectivity index (χ2v) is 10.3. The zero-order valence-corrected chi connectivity index (χ0v) is 18.6. The molecule has 2 atom stereocenters. The van der Waals surface area contributed by atoms with Gasteiger partial charge >= 0.3 is 5.91 Å². The monoisotopic (exact) mass is 440 g/mol. The first-order valence-corrected chi connectivity index (χ1v) is 11.8. The minimum Gasteiger partial charge on any atom is -0.624 e. The molecule has 32 heavy (non-hydrogen) atoms. The number of fused-ring (bicyclic) bond motifs is 1. The maximum absolute atomic E-state index is 13.6. The fraction of sp³-hybridized carbons (Fsp3) is 0.625. The average molecular weight is 441 g/mol. The molecule has 3 amide bonds. The third-order valence-electron chi connectivity index (χ3n) is 8.34. The quantitative estimate of drug-likeness (QED) is 0.369. The fourth-order valence-corrected chi connectivity index (χ4v) is 6.46. The second kappa shape index (κ2) is 7.93. The topological polar surface area (TPSA) is 110 Å². The van der Waals surface area contributed by atoms with Crippen LogP contribution in [0, 0.1) is 16.5 Å². The molecule has 5 rings (SSSR count). The number of carbonyl (C=O) groups excluding carboxylic acids is 3. The molecule has 1 spiro atoms. The molecule has 1 saturated heterocycles. The molecule has 2 saturated carbocycles. The van der Waals surface area contributed by atoms with Crippen molar-refractivity contribution in [3.8, 4) is 0 Å². The Bertz CT molecular complexity index is 947. The van der Waals surface area contributed by atoms with Crippen molar-refractivity contribution in [2.24, 2.45) is 11.3 Å². The minimum atomic E-state index is -1.23. The Hall–Kier alpha value is -2.29.